The number of aliphatic hydroxyl groups excluding tert-OH is 1. The van der Waals surface area contributed by atoms with Gasteiger partial charge in [-0.05, 0) is 20.4 Å². The van der Waals surface area contributed by atoms with Crippen LogP contribution >= 0.6 is 0 Å². The summed E-state index contributed by atoms with van der Waals surface area (Å²) in [5.41, 5.74) is 0. The fraction of sp³-hybridized carbons (Fsp3) is 0.846. The molecule has 6 heteroatoms. The van der Waals surface area contributed by atoms with Gasteiger partial charge in [0.2, 0.25) is 11.8 Å². The largest absolute Gasteiger partial charge is 0.393 e. The number of likely N-dealkylation sites (N-methyl/N-ethyl adjacent to an activating group) is 1. The van der Waals surface area contributed by atoms with E-state index in [0.29, 0.717) is 45.7 Å². The van der Waals surface area contributed by atoms with Gasteiger partial charge in [-0.2, -0.15) is 0 Å². The van der Waals surface area contributed by atoms with Gasteiger partial charge < -0.3 is 14.9 Å². The Kier molecular flexibility index (Phi) is 6.24. The molecule has 1 aliphatic heterocycles. The Balaban J connectivity index is 2.29. The highest BCUT2D eigenvalue weighted by molar-refractivity contribution is 5.79. The number of carbonyl (C=O) groups excluding carboxylic acids is 2. The van der Waals surface area contributed by atoms with Crippen molar-refractivity contribution in [3.05, 3.63) is 0 Å². The first kappa shape index (κ1) is 15.9. The zero-order valence-electron chi connectivity index (χ0n) is 12.1. The SMILES string of the molecule is CC(=O)N1CCN(C(=O)CN(C)CCC(C)O)CC1. The van der Waals surface area contributed by atoms with Crippen LogP contribution in [-0.2, 0) is 9.59 Å². The Hall–Kier alpha value is -1.14. The summed E-state index contributed by atoms with van der Waals surface area (Å²) >= 11 is 0. The quantitative estimate of drug-likeness (QED) is 0.724. The molecular formula is C13H25N3O3. The highest BCUT2D eigenvalue weighted by Crippen LogP contribution is 2.03. The summed E-state index contributed by atoms with van der Waals surface area (Å²) in [6, 6.07) is 0. The smallest absolute Gasteiger partial charge is 0.236 e. The van der Waals surface area contributed by atoms with Gasteiger partial charge in [0.15, 0.2) is 0 Å². The van der Waals surface area contributed by atoms with Crippen molar-refractivity contribution in [2.75, 3.05) is 46.3 Å². The maximum Gasteiger partial charge on any atom is 0.236 e. The molecule has 0 aromatic heterocycles. The Bertz CT molecular complexity index is 312. The van der Waals surface area contributed by atoms with E-state index in [9.17, 15) is 14.7 Å². The van der Waals surface area contributed by atoms with E-state index in [1.54, 1.807) is 23.6 Å². The highest BCUT2D eigenvalue weighted by Gasteiger charge is 2.22. The minimum Gasteiger partial charge on any atom is -0.393 e. The number of nitrogens with zero attached hydrogens (tertiary/aromatic N) is 3. The molecule has 6 nitrogen and oxygen atoms in total. The third-order valence-corrected chi connectivity index (χ3v) is 3.41. The van der Waals surface area contributed by atoms with Crippen LogP contribution in [-0.4, -0.2) is 84.0 Å². The zero-order valence-corrected chi connectivity index (χ0v) is 12.1. The lowest BCUT2D eigenvalue weighted by molar-refractivity contribution is -0.139. The van der Waals surface area contributed by atoms with Crippen molar-refractivity contribution < 1.29 is 14.7 Å². The van der Waals surface area contributed by atoms with Crippen molar-refractivity contribution in [3.63, 3.8) is 0 Å². The normalized spacial score (nSPS) is 17.7. The van der Waals surface area contributed by atoms with E-state index in [2.05, 4.69) is 0 Å². The fourth-order valence-corrected chi connectivity index (χ4v) is 2.09. The number of amides is 2. The molecule has 1 saturated heterocycles. The van der Waals surface area contributed by atoms with E-state index in [0.717, 1.165) is 0 Å². The summed E-state index contributed by atoms with van der Waals surface area (Å²) in [5.74, 6) is 0.164. The van der Waals surface area contributed by atoms with E-state index < -0.39 is 0 Å². The molecule has 0 spiro atoms. The fourth-order valence-electron chi connectivity index (χ4n) is 2.09. The van der Waals surface area contributed by atoms with Gasteiger partial charge in [-0.3, -0.25) is 14.5 Å². The first-order chi connectivity index (χ1) is 8.90. The maximum atomic E-state index is 12.0. The van der Waals surface area contributed by atoms with Crippen LogP contribution in [0.1, 0.15) is 20.3 Å². The van der Waals surface area contributed by atoms with Crippen LogP contribution in [0.3, 0.4) is 0 Å². The first-order valence-corrected chi connectivity index (χ1v) is 6.80. The first-order valence-electron chi connectivity index (χ1n) is 6.80. The predicted octanol–water partition coefficient (Wildman–Crippen LogP) is -0.620. The van der Waals surface area contributed by atoms with Gasteiger partial charge in [0.05, 0.1) is 12.6 Å². The molecule has 1 unspecified atom stereocenters. The standard InChI is InChI=1S/C13H25N3O3/c1-11(17)4-5-14(3)10-13(19)16-8-6-15(7-9-16)12(2)18/h11,17H,4-10H2,1-3H3. The molecule has 1 rings (SSSR count). The van der Waals surface area contributed by atoms with Crippen molar-refractivity contribution in [3.8, 4) is 0 Å². The van der Waals surface area contributed by atoms with E-state index in [1.807, 2.05) is 11.9 Å². The van der Waals surface area contributed by atoms with Crippen LogP contribution in [0.2, 0.25) is 0 Å². The number of carbonyl (C=O) groups is 2. The molecule has 0 aromatic carbocycles. The van der Waals surface area contributed by atoms with Gasteiger partial charge in [-0.25, -0.2) is 0 Å². The molecule has 19 heavy (non-hydrogen) atoms. The van der Waals surface area contributed by atoms with Crippen LogP contribution in [0.4, 0.5) is 0 Å². The summed E-state index contributed by atoms with van der Waals surface area (Å²) < 4.78 is 0. The van der Waals surface area contributed by atoms with Gasteiger partial charge in [-0.1, -0.05) is 0 Å². The molecule has 1 N–H and O–H groups in total. The van der Waals surface area contributed by atoms with E-state index in [4.69, 9.17) is 0 Å². The van der Waals surface area contributed by atoms with Crippen LogP contribution < -0.4 is 0 Å². The van der Waals surface area contributed by atoms with Crippen LogP contribution in [0, 0.1) is 0 Å². The maximum absolute atomic E-state index is 12.0. The van der Waals surface area contributed by atoms with Crippen molar-refractivity contribution in [1.29, 1.82) is 0 Å². The molecule has 0 radical (unpaired) electrons. The van der Waals surface area contributed by atoms with Crippen molar-refractivity contribution in [2.45, 2.75) is 26.4 Å². The van der Waals surface area contributed by atoms with Crippen molar-refractivity contribution in [1.82, 2.24) is 14.7 Å². The molecule has 0 bridgehead atoms. The third kappa shape index (κ3) is 5.57. The van der Waals surface area contributed by atoms with Gasteiger partial charge >= 0.3 is 0 Å². The number of hydrogen-bond donors (Lipinski definition) is 1. The van der Waals surface area contributed by atoms with Gasteiger partial charge in [0.25, 0.3) is 0 Å². The number of rotatable bonds is 5. The predicted molar refractivity (Wildman–Crippen MR) is 72.6 cm³/mol. The second-order valence-electron chi connectivity index (χ2n) is 5.26. The molecular weight excluding hydrogens is 246 g/mol. The lowest BCUT2D eigenvalue weighted by Crippen LogP contribution is -2.52. The Labute approximate surface area is 115 Å². The van der Waals surface area contributed by atoms with Gasteiger partial charge in [-0.15, -0.1) is 0 Å². The van der Waals surface area contributed by atoms with Crippen LogP contribution in [0.5, 0.6) is 0 Å². The molecule has 1 atom stereocenters. The Morgan fingerprint density at radius 2 is 1.74 bits per heavy atom. The highest BCUT2D eigenvalue weighted by atomic mass is 16.3. The second kappa shape index (κ2) is 7.45. The molecule has 1 aliphatic rings. The monoisotopic (exact) mass is 271 g/mol. The molecule has 2 amide bonds. The third-order valence-electron chi connectivity index (χ3n) is 3.41. The van der Waals surface area contributed by atoms with Gasteiger partial charge in [0, 0.05) is 39.6 Å². The summed E-state index contributed by atoms with van der Waals surface area (Å²) in [6.45, 7) is 6.85. The van der Waals surface area contributed by atoms with Crippen LogP contribution in [0.15, 0.2) is 0 Å². The zero-order chi connectivity index (χ0) is 14.4. The average Bonchev–Trinajstić information content (AvgIpc) is 2.36. The van der Waals surface area contributed by atoms with E-state index >= 15 is 0 Å². The Morgan fingerprint density at radius 1 is 1.21 bits per heavy atom. The summed E-state index contributed by atoms with van der Waals surface area (Å²) in [4.78, 5) is 28.7. The minimum atomic E-state index is -0.336. The lowest BCUT2D eigenvalue weighted by Gasteiger charge is -2.35. The number of aliphatic hydroxyl groups is 1. The molecule has 1 heterocycles. The van der Waals surface area contributed by atoms with Gasteiger partial charge in [0.1, 0.15) is 0 Å². The minimum absolute atomic E-state index is 0.0705. The topological polar surface area (TPSA) is 64.1 Å². The summed E-state index contributed by atoms with van der Waals surface area (Å²) in [5, 5.41) is 9.21. The average molecular weight is 271 g/mol. The van der Waals surface area contributed by atoms with Crippen molar-refractivity contribution in [2.24, 2.45) is 0 Å². The molecule has 0 aromatic rings. The second-order valence-corrected chi connectivity index (χ2v) is 5.26. The Morgan fingerprint density at radius 3 is 2.21 bits per heavy atom. The summed E-state index contributed by atoms with van der Waals surface area (Å²) in [7, 11) is 1.88. The molecule has 1 fully saturated rings. The molecule has 0 saturated carbocycles. The van der Waals surface area contributed by atoms with Crippen LogP contribution in [0.25, 0.3) is 0 Å². The number of hydrogen-bond acceptors (Lipinski definition) is 4. The van der Waals surface area contributed by atoms with Crippen molar-refractivity contribution >= 4 is 11.8 Å². The number of piperazine rings is 1. The van der Waals surface area contributed by atoms with E-state index in [1.165, 1.54) is 0 Å². The lowest BCUT2D eigenvalue weighted by atomic mass is 10.2. The summed E-state index contributed by atoms with van der Waals surface area (Å²) in [6.07, 6.45) is 0.332. The molecule has 110 valence electrons. The van der Waals surface area contributed by atoms with E-state index in [-0.39, 0.29) is 17.9 Å². The molecule has 0 aliphatic carbocycles.